The largest absolute Gasteiger partial charge is 0.279 e. The van der Waals surface area contributed by atoms with E-state index in [9.17, 15) is 8.42 Å². The molecule has 1 heterocycles. The smallest absolute Gasteiger partial charge is 0.238 e. The SMILES string of the molecule is NS(=O)(=O)c1ccc(N/N=C2\CCSC2)cc1. The van der Waals surface area contributed by atoms with Crippen molar-refractivity contribution in [2.24, 2.45) is 10.2 Å². The Balaban J connectivity index is 2.06. The summed E-state index contributed by atoms with van der Waals surface area (Å²) in [5.41, 5.74) is 4.79. The Bertz CT molecular complexity index is 515. The summed E-state index contributed by atoms with van der Waals surface area (Å²) < 4.78 is 22.1. The maximum atomic E-state index is 11.0. The fraction of sp³-hybridized carbons (Fsp3) is 0.300. The highest BCUT2D eigenvalue weighted by atomic mass is 32.2. The molecule has 7 heteroatoms. The van der Waals surface area contributed by atoms with Crippen LogP contribution in [-0.4, -0.2) is 25.6 Å². The van der Waals surface area contributed by atoms with Gasteiger partial charge in [-0.15, -0.1) is 0 Å². The first-order valence-corrected chi connectivity index (χ1v) is 7.78. The minimum atomic E-state index is -3.62. The molecule has 1 aromatic rings. The van der Waals surface area contributed by atoms with Crippen molar-refractivity contribution in [3.8, 4) is 0 Å². The van der Waals surface area contributed by atoms with E-state index in [-0.39, 0.29) is 4.90 Å². The van der Waals surface area contributed by atoms with Gasteiger partial charge in [-0.3, -0.25) is 5.43 Å². The summed E-state index contributed by atoms with van der Waals surface area (Å²) in [6.07, 6.45) is 1.01. The number of anilines is 1. The first-order valence-electron chi connectivity index (χ1n) is 5.08. The molecule has 1 aromatic carbocycles. The Morgan fingerprint density at radius 2 is 2.00 bits per heavy atom. The quantitative estimate of drug-likeness (QED) is 0.810. The molecule has 1 aliphatic heterocycles. The molecule has 0 radical (unpaired) electrons. The highest BCUT2D eigenvalue weighted by Gasteiger charge is 2.09. The van der Waals surface area contributed by atoms with Crippen molar-refractivity contribution < 1.29 is 8.42 Å². The second-order valence-electron chi connectivity index (χ2n) is 3.66. The summed E-state index contributed by atoms with van der Waals surface area (Å²) in [4.78, 5) is 0.104. The molecule has 1 aliphatic rings. The Kier molecular flexibility index (Phi) is 3.70. The van der Waals surface area contributed by atoms with E-state index in [0.717, 1.165) is 29.3 Å². The summed E-state index contributed by atoms with van der Waals surface area (Å²) >= 11 is 1.86. The maximum Gasteiger partial charge on any atom is 0.238 e. The summed E-state index contributed by atoms with van der Waals surface area (Å²) in [5, 5.41) is 9.25. The number of hydrogen-bond acceptors (Lipinski definition) is 5. The van der Waals surface area contributed by atoms with Gasteiger partial charge in [0.25, 0.3) is 0 Å². The lowest BCUT2D eigenvalue weighted by molar-refractivity contribution is 0.598. The number of benzene rings is 1. The van der Waals surface area contributed by atoms with Gasteiger partial charge in [0, 0.05) is 11.5 Å². The number of primary sulfonamides is 1. The number of nitrogens with zero attached hydrogens (tertiary/aromatic N) is 1. The number of hydrazone groups is 1. The molecule has 0 amide bonds. The van der Waals surface area contributed by atoms with E-state index in [0.29, 0.717) is 0 Å². The minimum absolute atomic E-state index is 0.104. The summed E-state index contributed by atoms with van der Waals surface area (Å²) in [6, 6.07) is 6.21. The molecular formula is C10H13N3O2S2. The molecule has 0 aliphatic carbocycles. The molecule has 0 spiro atoms. The summed E-state index contributed by atoms with van der Waals surface area (Å²) in [6.45, 7) is 0. The highest BCUT2D eigenvalue weighted by Crippen LogP contribution is 2.16. The monoisotopic (exact) mass is 271 g/mol. The number of hydrogen-bond donors (Lipinski definition) is 2. The van der Waals surface area contributed by atoms with Gasteiger partial charge in [-0.1, -0.05) is 0 Å². The van der Waals surface area contributed by atoms with Crippen LogP contribution in [0.1, 0.15) is 6.42 Å². The molecule has 0 saturated carbocycles. The normalized spacial score (nSPS) is 18.5. The zero-order valence-corrected chi connectivity index (χ0v) is 10.7. The highest BCUT2D eigenvalue weighted by molar-refractivity contribution is 8.00. The van der Waals surface area contributed by atoms with E-state index in [1.54, 1.807) is 12.1 Å². The molecule has 1 fully saturated rings. The van der Waals surface area contributed by atoms with Crippen LogP contribution < -0.4 is 10.6 Å². The molecule has 92 valence electrons. The fourth-order valence-corrected chi connectivity index (χ4v) is 2.89. The molecule has 0 atom stereocenters. The van der Waals surface area contributed by atoms with Crippen LogP contribution >= 0.6 is 11.8 Å². The average molecular weight is 271 g/mol. The van der Waals surface area contributed by atoms with Crippen LogP contribution in [0, 0.1) is 0 Å². The van der Waals surface area contributed by atoms with Gasteiger partial charge < -0.3 is 0 Å². The number of thioether (sulfide) groups is 1. The Hall–Kier alpha value is -1.05. The lowest BCUT2D eigenvalue weighted by atomic mass is 10.3. The third-order valence-corrected chi connectivity index (χ3v) is 4.29. The molecular weight excluding hydrogens is 258 g/mol. The van der Waals surface area contributed by atoms with E-state index in [4.69, 9.17) is 5.14 Å². The van der Waals surface area contributed by atoms with Gasteiger partial charge in [-0.25, -0.2) is 13.6 Å². The van der Waals surface area contributed by atoms with Crippen LogP contribution in [0.25, 0.3) is 0 Å². The fourth-order valence-electron chi connectivity index (χ4n) is 1.40. The second-order valence-corrected chi connectivity index (χ2v) is 6.33. The van der Waals surface area contributed by atoms with Crippen molar-refractivity contribution in [2.45, 2.75) is 11.3 Å². The van der Waals surface area contributed by atoms with Crippen LogP contribution in [0.3, 0.4) is 0 Å². The van der Waals surface area contributed by atoms with Crippen molar-refractivity contribution in [3.63, 3.8) is 0 Å². The second kappa shape index (κ2) is 5.07. The zero-order chi connectivity index (χ0) is 12.3. The Morgan fingerprint density at radius 3 is 2.53 bits per heavy atom. The van der Waals surface area contributed by atoms with Crippen LogP contribution in [0.2, 0.25) is 0 Å². The predicted octanol–water partition coefficient (Wildman–Crippen LogP) is 1.24. The molecule has 0 aromatic heterocycles. The average Bonchev–Trinajstić information content (AvgIpc) is 2.78. The third-order valence-electron chi connectivity index (χ3n) is 2.33. The van der Waals surface area contributed by atoms with Crippen LogP contribution in [-0.2, 0) is 10.0 Å². The number of nitrogens with one attached hydrogen (secondary N) is 1. The zero-order valence-electron chi connectivity index (χ0n) is 9.09. The summed E-state index contributed by atoms with van der Waals surface area (Å²) in [7, 11) is -3.62. The van der Waals surface area contributed by atoms with Crippen molar-refractivity contribution in [2.75, 3.05) is 16.9 Å². The van der Waals surface area contributed by atoms with E-state index in [1.165, 1.54) is 12.1 Å². The Morgan fingerprint density at radius 1 is 1.29 bits per heavy atom. The number of nitrogens with two attached hydrogens (primary N) is 1. The molecule has 3 N–H and O–H groups in total. The summed E-state index contributed by atoms with van der Waals surface area (Å²) in [5.74, 6) is 2.08. The topological polar surface area (TPSA) is 84.5 Å². The predicted molar refractivity (Wildman–Crippen MR) is 70.8 cm³/mol. The number of sulfonamides is 1. The van der Waals surface area contributed by atoms with Gasteiger partial charge in [-0.2, -0.15) is 16.9 Å². The van der Waals surface area contributed by atoms with E-state index < -0.39 is 10.0 Å². The molecule has 0 bridgehead atoms. The van der Waals surface area contributed by atoms with Gasteiger partial charge >= 0.3 is 0 Å². The standard InChI is InChI=1S/C10H13N3O2S2/c11-17(14,15)10-3-1-8(2-4-10)12-13-9-5-6-16-7-9/h1-4,12H,5-7H2,(H2,11,14,15)/b13-9+. The van der Waals surface area contributed by atoms with E-state index >= 15 is 0 Å². The van der Waals surface area contributed by atoms with Crippen molar-refractivity contribution >= 4 is 33.2 Å². The van der Waals surface area contributed by atoms with Crippen molar-refractivity contribution in [3.05, 3.63) is 24.3 Å². The van der Waals surface area contributed by atoms with E-state index in [2.05, 4.69) is 10.5 Å². The first-order chi connectivity index (χ1) is 8.05. The lowest BCUT2D eigenvalue weighted by Gasteiger charge is -2.03. The number of rotatable bonds is 3. The van der Waals surface area contributed by atoms with Crippen LogP contribution in [0.5, 0.6) is 0 Å². The Labute approximate surface area is 105 Å². The molecule has 17 heavy (non-hydrogen) atoms. The molecule has 0 unspecified atom stereocenters. The van der Waals surface area contributed by atoms with Crippen molar-refractivity contribution in [1.29, 1.82) is 0 Å². The van der Waals surface area contributed by atoms with Gasteiger partial charge in [0.1, 0.15) is 0 Å². The first kappa shape index (κ1) is 12.4. The maximum absolute atomic E-state index is 11.0. The van der Waals surface area contributed by atoms with Gasteiger partial charge in [-0.05, 0) is 36.4 Å². The van der Waals surface area contributed by atoms with Crippen LogP contribution in [0.15, 0.2) is 34.3 Å². The van der Waals surface area contributed by atoms with Crippen LogP contribution in [0.4, 0.5) is 5.69 Å². The van der Waals surface area contributed by atoms with Gasteiger partial charge in [0.2, 0.25) is 10.0 Å². The molecule has 2 rings (SSSR count). The molecule has 1 saturated heterocycles. The third kappa shape index (κ3) is 3.45. The minimum Gasteiger partial charge on any atom is -0.279 e. The van der Waals surface area contributed by atoms with Crippen molar-refractivity contribution in [1.82, 2.24) is 0 Å². The molecule has 5 nitrogen and oxygen atoms in total. The van der Waals surface area contributed by atoms with E-state index in [1.807, 2.05) is 11.8 Å². The van der Waals surface area contributed by atoms with Gasteiger partial charge in [0.15, 0.2) is 0 Å². The lowest BCUT2D eigenvalue weighted by Crippen LogP contribution is -2.11. The van der Waals surface area contributed by atoms with Gasteiger partial charge in [0.05, 0.1) is 10.6 Å².